The highest BCUT2D eigenvalue weighted by Gasteiger charge is 2.27. The van der Waals surface area contributed by atoms with E-state index >= 15 is 0 Å². The molecule has 1 aromatic carbocycles. The van der Waals surface area contributed by atoms with Gasteiger partial charge in [0.1, 0.15) is 11.6 Å². The summed E-state index contributed by atoms with van der Waals surface area (Å²) in [6, 6.07) is 10.7. The predicted octanol–water partition coefficient (Wildman–Crippen LogP) is 3.18. The fourth-order valence-corrected chi connectivity index (χ4v) is 3.10. The number of hydrogen-bond acceptors (Lipinski definition) is 4. The highest BCUT2D eigenvalue weighted by Crippen LogP contribution is 2.26. The highest BCUT2D eigenvalue weighted by atomic mass is 19.1. The largest absolute Gasteiger partial charge is 0.378 e. The summed E-state index contributed by atoms with van der Waals surface area (Å²) in [6.07, 6.45) is 5.35. The van der Waals surface area contributed by atoms with Gasteiger partial charge < -0.3 is 9.72 Å². The second kappa shape index (κ2) is 7.13. The highest BCUT2D eigenvalue weighted by molar-refractivity contribution is 5.56. The third-order valence-electron chi connectivity index (χ3n) is 4.45. The summed E-state index contributed by atoms with van der Waals surface area (Å²) < 4.78 is 19.7. The van der Waals surface area contributed by atoms with Gasteiger partial charge in [-0.3, -0.25) is 9.88 Å². The number of imidazole rings is 1. The average molecular weight is 338 g/mol. The molecule has 1 N–H and O–H groups in total. The Hall–Kier alpha value is -2.57. The van der Waals surface area contributed by atoms with E-state index in [1.54, 1.807) is 18.5 Å². The fourth-order valence-electron chi connectivity index (χ4n) is 3.10. The lowest BCUT2D eigenvalue weighted by molar-refractivity contribution is -0.0160. The molecule has 25 heavy (non-hydrogen) atoms. The van der Waals surface area contributed by atoms with Crippen molar-refractivity contribution in [3.05, 3.63) is 72.2 Å². The zero-order valence-electron chi connectivity index (χ0n) is 13.7. The van der Waals surface area contributed by atoms with Crippen LogP contribution in [0.2, 0.25) is 0 Å². The smallest absolute Gasteiger partial charge is 0.127 e. The maximum absolute atomic E-state index is 14.0. The first-order chi connectivity index (χ1) is 12.3. The summed E-state index contributed by atoms with van der Waals surface area (Å²) in [5.41, 5.74) is 2.59. The third-order valence-corrected chi connectivity index (χ3v) is 4.45. The first-order valence-electron chi connectivity index (χ1n) is 8.32. The normalized spacial score (nSPS) is 18.4. The molecule has 0 amide bonds. The van der Waals surface area contributed by atoms with Gasteiger partial charge in [-0.05, 0) is 18.2 Å². The van der Waals surface area contributed by atoms with Crippen LogP contribution < -0.4 is 0 Å². The number of nitrogens with one attached hydrogen (secondary N) is 1. The zero-order chi connectivity index (χ0) is 17.1. The summed E-state index contributed by atoms with van der Waals surface area (Å²) in [7, 11) is 0. The lowest BCUT2D eigenvalue weighted by Gasteiger charge is -2.34. The van der Waals surface area contributed by atoms with Gasteiger partial charge in [-0.1, -0.05) is 18.2 Å². The van der Waals surface area contributed by atoms with Crippen molar-refractivity contribution in [1.82, 2.24) is 19.9 Å². The molecule has 1 fully saturated rings. The number of aromatic amines is 1. The number of benzene rings is 1. The Labute approximate surface area is 145 Å². The van der Waals surface area contributed by atoms with E-state index in [0.717, 1.165) is 23.6 Å². The van der Waals surface area contributed by atoms with Crippen molar-refractivity contribution in [2.24, 2.45) is 0 Å². The Kier molecular flexibility index (Phi) is 4.54. The first-order valence-corrected chi connectivity index (χ1v) is 8.32. The van der Waals surface area contributed by atoms with E-state index in [-0.39, 0.29) is 11.9 Å². The average Bonchev–Trinajstić information content (AvgIpc) is 3.15. The van der Waals surface area contributed by atoms with Crippen molar-refractivity contribution in [1.29, 1.82) is 0 Å². The van der Waals surface area contributed by atoms with Gasteiger partial charge in [0, 0.05) is 36.6 Å². The summed E-state index contributed by atoms with van der Waals surface area (Å²) in [5.74, 6) is 0.651. The molecule has 1 saturated heterocycles. The van der Waals surface area contributed by atoms with Crippen LogP contribution in [0.4, 0.5) is 4.39 Å². The minimum Gasteiger partial charge on any atom is -0.378 e. The van der Waals surface area contributed by atoms with E-state index in [1.807, 2.05) is 30.5 Å². The molecule has 1 aliphatic heterocycles. The number of ether oxygens (including phenoxy) is 1. The van der Waals surface area contributed by atoms with Crippen LogP contribution in [0.15, 0.2) is 55.0 Å². The Balaban J connectivity index is 1.57. The van der Waals surface area contributed by atoms with E-state index in [1.165, 1.54) is 6.07 Å². The molecule has 3 heterocycles. The molecule has 5 nitrogen and oxygen atoms in total. The Morgan fingerprint density at radius 2 is 2.12 bits per heavy atom. The maximum atomic E-state index is 14.0. The second-order valence-corrected chi connectivity index (χ2v) is 6.08. The lowest BCUT2D eigenvalue weighted by Crippen LogP contribution is -2.39. The molecule has 0 radical (unpaired) electrons. The second-order valence-electron chi connectivity index (χ2n) is 6.08. The van der Waals surface area contributed by atoms with Crippen molar-refractivity contribution in [3.63, 3.8) is 0 Å². The van der Waals surface area contributed by atoms with Crippen molar-refractivity contribution < 1.29 is 9.13 Å². The molecule has 1 unspecified atom stereocenters. The number of halogens is 1. The number of H-pyrrole nitrogens is 1. The Bertz CT molecular complexity index is 836. The molecule has 0 aliphatic carbocycles. The van der Waals surface area contributed by atoms with Crippen molar-refractivity contribution in [3.8, 4) is 11.3 Å². The van der Waals surface area contributed by atoms with Crippen molar-refractivity contribution in [2.75, 3.05) is 19.8 Å². The van der Waals surface area contributed by atoms with Gasteiger partial charge in [-0.2, -0.15) is 0 Å². The Morgan fingerprint density at radius 1 is 1.20 bits per heavy atom. The minimum atomic E-state index is -0.178. The quantitative estimate of drug-likeness (QED) is 0.794. The van der Waals surface area contributed by atoms with E-state index in [9.17, 15) is 4.39 Å². The summed E-state index contributed by atoms with van der Waals surface area (Å²) in [5, 5.41) is 0. The van der Waals surface area contributed by atoms with Gasteiger partial charge in [-0.15, -0.1) is 0 Å². The number of morpholine rings is 1. The van der Waals surface area contributed by atoms with E-state index in [2.05, 4.69) is 19.9 Å². The van der Waals surface area contributed by atoms with Crippen LogP contribution in [-0.4, -0.2) is 39.6 Å². The molecular weight excluding hydrogens is 319 g/mol. The van der Waals surface area contributed by atoms with Gasteiger partial charge in [0.2, 0.25) is 0 Å². The molecule has 4 rings (SSSR count). The molecule has 2 aromatic heterocycles. The van der Waals surface area contributed by atoms with E-state index in [4.69, 9.17) is 4.74 Å². The number of rotatable bonds is 4. The number of nitrogens with zero attached hydrogens (tertiary/aromatic N) is 3. The third kappa shape index (κ3) is 3.45. The van der Waals surface area contributed by atoms with Crippen LogP contribution in [0.3, 0.4) is 0 Å². The monoisotopic (exact) mass is 338 g/mol. The maximum Gasteiger partial charge on any atom is 0.127 e. The molecule has 0 saturated carbocycles. The number of aromatic nitrogens is 3. The van der Waals surface area contributed by atoms with Gasteiger partial charge in [0.15, 0.2) is 0 Å². The summed E-state index contributed by atoms with van der Waals surface area (Å²) >= 11 is 0. The number of hydrogen-bond donors (Lipinski definition) is 1. The molecular formula is C19H19FN4O. The van der Waals surface area contributed by atoms with Gasteiger partial charge in [0.05, 0.1) is 31.1 Å². The first kappa shape index (κ1) is 15.9. The summed E-state index contributed by atoms with van der Waals surface area (Å²) in [4.78, 5) is 14.2. The topological polar surface area (TPSA) is 54.0 Å². The fraction of sp³-hybridized carbons (Fsp3) is 0.263. The van der Waals surface area contributed by atoms with Crippen molar-refractivity contribution in [2.45, 2.75) is 12.6 Å². The molecule has 1 aliphatic rings. The van der Waals surface area contributed by atoms with Crippen LogP contribution in [0, 0.1) is 5.82 Å². The van der Waals surface area contributed by atoms with Crippen molar-refractivity contribution >= 4 is 0 Å². The standard InChI is InChI=1S/C19H19FN4O/c20-16-6-2-1-4-15(16)12-24-8-9-25-13-18(24)19-22-11-17(23-19)14-5-3-7-21-10-14/h1-7,10-11,18H,8-9,12-13H2,(H,22,23). The van der Waals surface area contributed by atoms with Crippen LogP contribution >= 0.6 is 0 Å². The molecule has 6 heteroatoms. The predicted molar refractivity (Wildman–Crippen MR) is 92.2 cm³/mol. The molecule has 1 atom stereocenters. The molecule has 0 spiro atoms. The van der Waals surface area contributed by atoms with Gasteiger partial charge >= 0.3 is 0 Å². The van der Waals surface area contributed by atoms with Crippen LogP contribution in [0.25, 0.3) is 11.3 Å². The van der Waals surface area contributed by atoms with E-state index < -0.39 is 0 Å². The SMILES string of the molecule is Fc1ccccc1CN1CCOCC1c1ncc(-c2cccnc2)[nH]1. The molecule has 0 bridgehead atoms. The van der Waals surface area contributed by atoms with Gasteiger partial charge in [0.25, 0.3) is 0 Å². The lowest BCUT2D eigenvalue weighted by atomic mass is 10.1. The zero-order valence-corrected chi connectivity index (χ0v) is 13.7. The molecule has 128 valence electrons. The van der Waals surface area contributed by atoms with E-state index in [0.29, 0.717) is 25.3 Å². The number of pyridine rings is 1. The minimum absolute atomic E-state index is 0.0289. The van der Waals surface area contributed by atoms with Crippen LogP contribution in [0.5, 0.6) is 0 Å². The van der Waals surface area contributed by atoms with Gasteiger partial charge in [-0.25, -0.2) is 9.37 Å². The van der Waals surface area contributed by atoms with Crippen LogP contribution in [0.1, 0.15) is 17.4 Å². The molecule has 3 aromatic rings. The summed E-state index contributed by atoms with van der Waals surface area (Å²) in [6.45, 7) is 2.45. The Morgan fingerprint density at radius 3 is 2.96 bits per heavy atom. The van der Waals surface area contributed by atoms with Crippen LogP contribution in [-0.2, 0) is 11.3 Å².